The highest BCUT2D eigenvalue weighted by Gasteiger charge is 2.52. The van der Waals surface area contributed by atoms with E-state index in [1.54, 1.807) is 13.8 Å². The minimum atomic E-state index is -3.79. The maximum Gasteiger partial charge on any atom is 0.311 e. The first-order valence-electron chi connectivity index (χ1n) is 9.37. The maximum atomic E-state index is 13.5. The Morgan fingerprint density at radius 1 is 1.04 bits per heavy atom. The van der Waals surface area contributed by atoms with Crippen molar-refractivity contribution in [3.8, 4) is 0 Å². The molecular weight excluding hydrogens is 368 g/mol. The van der Waals surface area contributed by atoms with Crippen LogP contribution in [0.15, 0.2) is 0 Å². The summed E-state index contributed by atoms with van der Waals surface area (Å²) >= 11 is 0. The predicted molar refractivity (Wildman–Crippen MR) is 89.4 cm³/mol. The topological polar surface area (TPSA) is 52.6 Å². The summed E-state index contributed by atoms with van der Waals surface area (Å²) in [6.07, 6.45) is 0.321. The molecule has 0 heterocycles. The molecule has 0 aromatic rings. The minimum absolute atomic E-state index is 0.176. The molecule has 2 fully saturated rings. The highest BCUT2D eigenvalue weighted by atomic mass is 19.3. The lowest BCUT2D eigenvalue weighted by Crippen LogP contribution is -2.39. The lowest BCUT2D eigenvalue weighted by atomic mass is 9.86. The zero-order chi connectivity index (χ0) is 20.6. The van der Waals surface area contributed by atoms with Crippen LogP contribution in [0.1, 0.15) is 59.8 Å². The van der Waals surface area contributed by atoms with Gasteiger partial charge in [0.2, 0.25) is 0 Å². The van der Waals surface area contributed by atoms with E-state index in [0.717, 1.165) is 0 Å². The molecule has 4 atom stereocenters. The Hall–Kier alpha value is -1.34. The van der Waals surface area contributed by atoms with Crippen LogP contribution in [0.3, 0.4) is 0 Å². The van der Waals surface area contributed by atoms with Gasteiger partial charge in [-0.15, -0.1) is 0 Å². The molecule has 2 bridgehead atoms. The first-order chi connectivity index (χ1) is 12.2. The fourth-order valence-corrected chi connectivity index (χ4v) is 3.92. The van der Waals surface area contributed by atoms with Crippen molar-refractivity contribution < 1.29 is 36.6 Å². The second kappa shape index (κ2) is 7.59. The zero-order valence-electron chi connectivity index (χ0n) is 16.2. The molecule has 27 heavy (non-hydrogen) atoms. The van der Waals surface area contributed by atoms with E-state index in [4.69, 9.17) is 4.74 Å². The molecule has 0 aromatic heterocycles. The molecule has 0 aromatic carbocycles. The van der Waals surface area contributed by atoms with Crippen LogP contribution in [-0.4, -0.2) is 36.5 Å². The van der Waals surface area contributed by atoms with Crippen molar-refractivity contribution in [1.29, 1.82) is 0 Å². The van der Waals surface area contributed by atoms with Gasteiger partial charge in [0.25, 0.3) is 11.8 Å². The van der Waals surface area contributed by atoms with E-state index >= 15 is 0 Å². The van der Waals surface area contributed by atoms with Gasteiger partial charge in [-0.25, -0.2) is 17.6 Å². The van der Waals surface area contributed by atoms with Gasteiger partial charge in [0.15, 0.2) is 6.61 Å². The summed E-state index contributed by atoms with van der Waals surface area (Å²) in [5.41, 5.74) is -0.634. The molecule has 0 saturated heterocycles. The Morgan fingerprint density at radius 3 is 2.19 bits per heavy atom. The molecule has 4 unspecified atom stereocenters. The number of hydrogen-bond acceptors (Lipinski definition) is 4. The Bertz CT molecular complexity index is 571. The van der Waals surface area contributed by atoms with Crippen molar-refractivity contribution in [3.63, 3.8) is 0 Å². The number of ether oxygens (including phenoxy) is 2. The number of carbonyl (C=O) groups excluding carboxylic acids is 2. The molecule has 2 aliphatic carbocycles. The highest BCUT2D eigenvalue weighted by molar-refractivity contribution is 5.76. The van der Waals surface area contributed by atoms with Crippen LogP contribution in [-0.2, 0) is 19.1 Å². The van der Waals surface area contributed by atoms with Gasteiger partial charge in [-0.1, -0.05) is 6.92 Å². The fraction of sp³-hybridized carbons (Fsp3) is 0.895. The SMILES string of the molecule is CCC(C)(C)C(=O)OC1CC2CC(C(=O)OCC(F)(F)CC(C)(F)F)C1C2. The molecule has 0 aliphatic heterocycles. The smallest absolute Gasteiger partial charge is 0.311 e. The standard InChI is InChI=1S/C19H28F4O4/c1-5-17(2,3)16(25)27-14-8-11-6-12(14)13(7-11)15(24)26-10-19(22,23)9-18(4,20)21/h11-14H,5-10H2,1-4H3. The largest absolute Gasteiger partial charge is 0.462 e. The molecule has 0 radical (unpaired) electrons. The molecule has 0 N–H and O–H groups in total. The quantitative estimate of drug-likeness (QED) is 0.444. The normalized spacial score (nSPS) is 28.3. The van der Waals surface area contributed by atoms with Gasteiger partial charge in [-0.3, -0.25) is 9.59 Å². The molecule has 2 rings (SSSR count). The third kappa shape index (κ3) is 5.57. The van der Waals surface area contributed by atoms with E-state index < -0.39 is 48.3 Å². The molecule has 8 heteroatoms. The number of rotatable bonds is 8. The summed E-state index contributed by atoms with van der Waals surface area (Å²) < 4.78 is 63.0. The number of esters is 2. The monoisotopic (exact) mass is 396 g/mol. The van der Waals surface area contributed by atoms with E-state index in [9.17, 15) is 27.2 Å². The van der Waals surface area contributed by atoms with Crippen LogP contribution in [0.2, 0.25) is 0 Å². The summed E-state index contributed by atoms with van der Waals surface area (Å²) in [6.45, 7) is 4.47. The van der Waals surface area contributed by atoms with Gasteiger partial charge >= 0.3 is 11.9 Å². The van der Waals surface area contributed by atoms with Gasteiger partial charge in [0.1, 0.15) is 6.10 Å². The summed E-state index contributed by atoms with van der Waals surface area (Å²) in [5.74, 6) is -9.22. The minimum Gasteiger partial charge on any atom is -0.462 e. The number of alkyl halides is 4. The Labute approximate surface area is 157 Å². The van der Waals surface area contributed by atoms with E-state index in [1.807, 2.05) is 6.92 Å². The van der Waals surface area contributed by atoms with E-state index in [2.05, 4.69) is 4.74 Å². The second-order valence-electron chi connectivity index (χ2n) is 8.74. The van der Waals surface area contributed by atoms with Crippen LogP contribution < -0.4 is 0 Å². The van der Waals surface area contributed by atoms with Crippen molar-refractivity contribution in [2.75, 3.05) is 6.61 Å². The number of carbonyl (C=O) groups is 2. The number of halogens is 4. The van der Waals surface area contributed by atoms with Crippen LogP contribution in [0.4, 0.5) is 17.6 Å². The predicted octanol–water partition coefficient (Wildman–Crippen LogP) is 4.60. The molecule has 0 amide bonds. The summed E-state index contributed by atoms with van der Waals surface area (Å²) in [7, 11) is 0. The lowest BCUT2D eigenvalue weighted by molar-refractivity contribution is -0.176. The molecule has 156 valence electrons. The van der Waals surface area contributed by atoms with Crippen molar-refractivity contribution in [1.82, 2.24) is 0 Å². The average Bonchev–Trinajstić information content (AvgIpc) is 3.10. The second-order valence-corrected chi connectivity index (χ2v) is 8.74. The maximum absolute atomic E-state index is 13.5. The zero-order valence-corrected chi connectivity index (χ0v) is 16.2. The molecule has 0 spiro atoms. The van der Waals surface area contributed by atoms with Gasteiger partial charge < -0.3 is 9.47 Å². The van der Waals surface area contributed by atoms with Crippen LogP contribution in [0, 0.1) is 23.2 Å². The van der Waals surface area contributed by atoms with Crippen LogP contribution >= 0.6 is 0 Å². The third-order valence-corrected chi connectivity index (χ3v) is 5.75. The van der Waals surface area contributed by atoms with Crippen molar-refractivity contribution in [2.24, 2.45) is 23.2 Å². The number of fused-ring (bicyclic) bond motifs is 2. The van der Waals surface area contributed by atoms with Crippen LogP contribution in [0.25, 0.3) is 0 Å². The molecule has 2 aliphatic rings. The number of hydrogen-bond donors (Lipinski definition) is 0. The van der Waals surface area contributed by atoms with E-state index in [0.29, 0.717) is 32.6 Å². The average molecular weight is 396 g/mol. The van der Waals surface area contributed by atoms with E-state index in [-0.39, 0.29) is 17.8 Å². The molecule has 2 saturated carbocycles. The first-order valence-corrected chi connectivity index (χ1v) is 9.37. The van der Waals surface area contributed by atoms with Crippen LogP contribution in [0.5, 0.6) is 0 Å². The highest BCUT2D eigenvalue weighted by Crippen LogP contribution is 2.50. The van der Waals surface area contributed by atoms with Gasteiger partial charge in [0, 0.05) is 5.92 Å². The third-order valence-electron chi connectivity index (χ3n) is 5.75. The fourth-order valence-electron chi connectivity index (χ4n) is 3.92. The Kier molecular flexibility index (Phi) is 6.17. The first kappa shape index (κ1) is 22.0. The Morgan fingerprint density at radius 2 is 1.67 bits per heavy atom. The summed E-state index contributed by atoms with van der Waals surface area (Å²) in [4.78, 5) is 24.5. The molecule has 4 nitrogen and oxygen atoms in total. The molecular formula is C19H28F4O4. The lowest BCUT2D eigenvalue weighted by Gasteiger charge is -2.31. The van der Waals surface area contributed by atoms with Crippen molar-refractivity contribution >= 4 is 11.9 Å². The summed E-state index contributed by atoms with van der Waals surface area (Å²) in [6, 6.07) is 0. The summed E-state index contributed by atoms with van der Waals surface area (Å²) in [5, 5.41) is 0. The van der Waals surface area contributed by atoms with Gasteiger partial charge in [-0.05, 0) is 52.4 Å². The van der Waals surface area contributed by atoms with Gasteiger partial charge in [-0.2, -0.15) is 0 Å². The van der Waals surface area contributed by atoms with Crippen molar-refractivity contribution in [2.45, 2.75) is 77.7 Å². The Balaban J connectivity index is 1.92. The van der Waals surface area contributed by atoms with Crippen molar-refractivity contribution in [3.05, 3.63) is 0 Å². The van der Waals surface area contributed by atoms with E-state index in [1.165, 1.54) is 0 Å². The van der Waals surface area contributed by atoms with Gasteiger partial charge in [0.05, 0.1) is 17.8 Å².